The Balaban J connectivity index is 2.02. The minimum atomic E-state index is -0.197. The first-order valence-electron chi connectivity index (χ1n) is 7.20. The molecule has 0 bridgehead atoms. The largest absolute Gasteiger partial charge is 0.366 e. The summed E-state index contributed by atoms with van der Waals surface area (Å²) in [6.07, 6.45) is 2.24. The van der Waals surface area contributed by atoms with Crippen LogP contribution in [0, 0.1) is 0 Å². The third-order valence-corrected chi connectivity index (χ3v) is 3.68. The molecule has 1 amide bonds. The van der Waals surface area contributed by atoms with Crippen molar-refractivity contribution in [1.29, 1.82) is 0 Å². The third kappa shape index (κ3) is 4.43. The summed E-state index contributed by atoms with van der Waals surface area (Å²) in [6, 6.07) is 9.33. The Morgan fingerprint density at radius 3 is 2.82 bits per heavy atom. The van der Waals surface area contributed by atoms with Crippen molar-refractivity contribution < 1.29 is 4.79 Å². The van der Waals surface area contributed by atoms with Crippen molar-refractivity contribution in [2.24, 2.45) is 0 Å². The van der Waals surface area contributed by atoms with Crippen LogP contribution in [-0.4, -0.2) is 21.9 Å². The van der Waals surface area contributed by atoms with Crippen molar-refractivity contribution in [2.75, 3.05) is 5.32 Å². The molecular weight excluding hydrogens is 300 g/mol. The summed E-state index contributed by atoms with van der Waals surface area (Å²) in [5, 5.41) is 6.72. The zero-order valence-corrected chi connectivity index (χ0v) is 13.4. The zero-order chi connectivity index (χ0) is 15.9. The van der Waals surface area contributed by atoms with Gasteiger partial charge in [-0.25, -0.2) is 9.97 Å². The van der Waals surface area contributed by atoms with E-state index in [0.29, 0.717) is 23.1 Å². The van der Waals surface area contributed by atoms with E-state index in [1.807, 2.05) is 38.1 Å². The third-order valence-electron chi connectivity index (χ3n) is 3.31. The summed E-state index contributed by atoms with van der Waals surface area (Å²) >= 11 is 6.11. The van der Waals surface area contributed by atoms with Crippen molar-refractivity contribution in [2.45, 2.75) is 32.9 Å². The molecule has 0 spiro atoms. The summed E-state index contributed by atoms with van der Waals surface area (Å²) in [5.74, 6) is 0.391. The van der Waals surface area contributed by atoms with Crippen LogP contribution in [0.4, 0.5) is 5.82 Å². The number of nitrogens with one attached hydrogen (secondary N) is 2. The van der Waals surface area contributed by atoms with Crippen LogP contribution in [0.5, 0.6) is 0 Å². The van der Waals surface area contributed by atoms with Gasteiger partial charge in [0.05, 0.1) is 0 Å². The lowest BCUT2D eigenvalue weighted by Gasteiger charge is -2.11. The Kier molecular flexibility index (Phi) is 5.72. The Morgan fingerprint density at radius 2 is 2.09 bits per heavy atom. The van der Waals surface area contributed by atoms with Gasteiger partial charge in [0.25, 0.3) is 5.91 Å². The second-order valence-electron chi connectivity index (χ2n) is 5.02. The van der Waals surface area contributed by atoms with Crippen LogP contribution in [0.1, 0.15) is 36.3 Å². The Bertz CT molecular complexity index is 648. The molecule has 22 heavy (non-hydrogen) atoms. The molecule has 1 atom stereocenters. The highest BCUT2D eigenvalue weighted by atomic mass is 35.5. The van der Waals surface area contributed by atoms with Gasteiger partial charge < -0.3 is 10.6 Å². The number of amides is 1. The van der Waals surface area contributed by atoms with Crippen LogP contribution in [0.3, 0.4) is 0 Å². The molecule has 0 saturated heterocycles. The number of anilines is 1. The molecule has 1 heterocycles. The van der Waals surface area contributed by atoms with Crippen LogP contribution in [-0.2, 0) is 6.54 Å². The molecule has 5 nitrogen and oxygen atoms in total. The number of rotatable bonds is 6. The van der Waals surface area contributed by atoms with Gasteiger partial charge in [0.1, 0.15) is 17.8 Å². The number of hydrogen-bond donors (Lipinski definition) is 2. The number of nitrogens with zero attached hydrogens (tertiary/aromatic N) is 2. The monoisotopic (exact) mass is 318 g/mol. The molecule has 0 saturated carbocycles. The Hall–Kier alpha value is -2.14. The van der Waals surface area contributed by atoms with E-state index in [4.69, 9.17) is 11.6 Å². The van der Waals surface area contributed by atoms with Crippen LogP contribution in [0.15, 0.2) is 36.7 Å². The van der Waals surface area contributed by atoms with Crippen LogP contribution in [0.2, 0.25) is 5.02 Å². The lowest BCUT2D eigenvalue weighted by Crippen LogP contribution is -2.32. The van der Waals surface area contributed by atoms with Gasteiger partial charge in [-0.2, -0.15) is 0 Å². The number of carbonyl (C=O) groups is 1. The van der Waals surface area contributed by atoms with Crippen molar-refractivity contribution >= 4 is 23.3 Å². The van der Waals surface area contributed by atoms with E-state index in [1.54, 1.807) is 6.07 Å². The number of carbonyl (C=O) groups excluding carboxylic acids is 1. The standard InChI is InChI=1S/C16H19ClN4O/c1-3-11(2)21-16(22)14-8-15(20-10-19-14)18-9-12-6-4-5-7-13(12)17/h4-8,10-11H,3,9H2,1-2H3,(H,21,22)(H,18,19,20). The molecule has 2 N–H and O–H groups in total. The molecule has 1 aromatic heterocycles. The number of hydrogen-bond acceptors (Lipinski definition) is 4. The van der Waals surface area contributed by atoms with Gasteiger partial charge in [0, 0.05) is 23.7 Å². The zero-order valence-electron chi connectivity index (χ0n) is 12.6. The summed E-state index contributed by atoms with van der Waals surface area (Å²) in [5.41, 5.74) is 1.31. The first-order chi connectivity index (χ1) is 10.6. The quantitative estimate of drug-likeness (QED) is 0.858. The highest BCUT2D eigenvalue weighted by Crippen LogP contribution is 2.16. The molecular formula is C16H19ClN4O. The second kappa shape index (κ2) is 7.75. The summed E-state index contributed by atoms with van der Waals surface area (Å²) in [4.78, 5) is 20.2. The van der Waals surface area contributed by atoms with Crippen molar-refractivity contribution in [3.05, 3.63) is 52.9 Å². The minimum absolute atomic E-state index is 0.113. The predicted molar refractivity (Wildman–Crippen MR) is 88.0 cm³/mol. The predicted octanol–water partition coefficient (Wildman–Crippen LogP) is 3.27. The second-order valence-corrected chi connectivity index (χ2v) is 5.42. The van der Waals surface area contributed by atoms with Crippen molar-refractivity contribution in [3.63, 3.8) is 0 Å². The van der Waals surface area contributed by atoms with Gasteiger partial charge in [-0.15, -0.1) is 0 Å². The van der Waals surface area contributed by atoms with E-state index in [-0.39, 0.29) is 11.9 Å². The molecule has 2 rings (SSSR count). The van der Waals surface area contributed by atoms with Gasteiger partial charge in [0.2, 0.25) is 0 Å². The number of benzene rings is 1. The lowest BCUT2D eigenvalue weighted by atomic mass is 10.2. The summed E-state index contributed by atoms with van der Waals surface area (Å²) < 4.78 is 0. The fourth-order valence-electron chi connectivity index (χ4n) is 1.81. The molecule has 1 unspecified atom stereocenters. The molecule has 0 aliphatic carbocycles. The van der Waals surface area contributed by atoms with E-state index < -0.39 is 0 Å². The minimum Gasteiger partial charge on any atom is -0.366 e. The molecule has 0 radical (unpaired) electrons. The highest BCUT2D eigenvalue weighted by molar-refractivity contribution is 6.31. The fraction of sp³-hybridized carbons (Fsp3) is 0.312. The first kappa shape index (κ1) is 16.2. The van der Waals surface area contributed by atoms with E-state index >= 15 is 0 Å². The molecule has 1 aromatic carbocycles. The molecule has 2 aromatic rings. The molecule has 0 aliphatic rings. The van der Waals surface area contributed by atoms with Gasteiger partial charge in [-0.1, -0.05) is 36.7 Å². The van der Waals surface area contributed by atoms with Crippen molar-refractivity contribution in [1.82, 2.24) is 15.3 Å². The number of halogens is 1. The van der Waals surface area contributed by atoms with Crippen LogP contribution < -0.4 is 10.6 Å². The SMILES string of the molecule is CCC(C)NC(=O)c1cc(NCc2ccccc2Cl)ncn1. The van der Waals surface area contributed by atoms with Gasteiger partial charge in [-0.3, -0.25) is 4.79 Å². The van der Waals surface area contributed by atoms with E-state index in [1.165, 1.54) is 6.33 Å². The summed E-state index contributed by atoms with van der Waals surface area (Å²) in [7, 11) is 0. The molecule has 0 fully saturated rings. The Morgan fingerprint density at radius 1 is 1.32 bits per heavy atom. The smallest absolute Gasteiger partial charge is 0.270 e. The maximum absolute atomic E-state index is 12.0. The van der Waals surface area contributed by atoms with Gasteiger partial charge >= 0.3 is 0 Å². The van der Waals surface area contributed by atoms with E-state index in [2.05, 4.69) is 20.6 Å². The lowest BCUT2D eigenvalue weighted by molar-refractivity contribution is 0.0934. The maximum Gasteiger partial charge on any atom is 0.270 e. The fourth-order valence-corrected chi connectivity index (χ4v) is 2.01. The average molecular weight is 319 g/mol. The van der Waals surface area contributed by atoms with Crippen LogP contribution >= 0.6 is 11.6 Å². The first-order valence-corrected chi connectivity index (χ1v) is 7.58. The van der Waals surface area contributed by atoms with Crippen LogP contribution in [0.25, 0.3) is 0 Å². The highest BCUT2D eigenvalue weighted by Gasteiger charge is 2.11. The molecule has 116 valence electrons. The van der Waals surface area contributed by atoms with E-state index in [9.17, 15) is 4.79 Å². The van der Waals surface area contributed by atoms with Gasteiger partial charge in [-0.05, 0) is 25.0 Å². The van der Waals surface area contributed by atoms with Gasteiger partial charge in [0.15, 0.2) is 0 Å². The van der Waals surface area contributed by atoms with E-state index in [0.717, 1.165) is 12.0 Å². The molecule has 6 heteroatoms. The number of aromatic nitrogens is 2. The summed E-state index contributed by atoms with van der Waals surface area (Å²) in [6.45, 7) is 4.50. The van der Waals surface area contributed by atoms with Crippen molar-refractivity contribution in [3.8, 4) is 0 Å². The topological polar surface area (TPSA) is 66.9 Å². The average Bonchev–Trinajstić information content (AvgIpc) is 2.54. The Labute approximate surface area is 135 Å². The maximum atomic E-state index is 12.0. The normalized spacial score (nSPS) is 11.8. The molecule has 0 aliphatic heterocycles.